The third kappa shape index (κ3) is 2.37. The molecule has 1 aliphatic heterocycles. The second kappa shape index (κ2) is 5.11. The first-order valence-electron chi connectivity index (χ1n) is 5.99. The van der Waals surface area contributed by atoms with Crippen LogP contribution in [0.2, 0.25) is 0 Å². The quantitative estimate of drug-likeness (QED) is 0.864. The van der Waals surface area contributed by atoms with E-state index in [1.54, 1.807) is 11.3 Å². The fraction of sp³-hybridized carbons (Fsp3) is 0.500. The van der Waals surface area contributed by atoms with Crippen molar-refractivity contribution >= 4 is 27.3 Å². The average molecular weight is 328 g/mol. The van der Waals surface area contributed by atoms with Crippen LogP contribution >= 0.6 is 27.3 Å². The van der Waals surface area contributed by atoms with Crippen LogP contribution in [-0.2, 0) is 6.54 Å². The summed E-state index contributed by atoms with van der Waals surface area (Å²) in [5, 5.41) is 3.99. The largest absolute Gasteiger partial charge is 0.359 e. The number of aromatic nitrogens is 2. The smallest absolute Gasteiger partial charge is 0.154 e. The molecule has 3 heterocycles. The molecular weight excluding hydrogens is 314 g/mol. The zero-order valence-corrected chi connectivity index (χ0v) is 12.5. The van der Waals surface area contributed by atoms with Gasteiger partial charge in [0.05, 0.1) is 26.7 Å². The second-order valence-electron chi connectivity index (χ2n) is 4.57. The van der Waals surface area contributed by atoms with Crippen molar-refractivity contribution in [3.05, 3.63) is 32.5 Å². The first-order valence-corrected chi connectivity index (χ1v) is 7.66. The minimum Gasteiger partial charge on any atom is -0.359 e. The summed E-state index contributed by atoms with van der Waals surface area (Å²) in [4.78, 5) is 6.81. The summed E-state index contributed by atoms with van der Waals surface area (Å²) in [5.74, 6) is 0.983. The first-order chi connectivity index (χ1) is 8.74. The molecule has 0 saturated carbocycles. The summed E-state index contributed by atoms with van der Waals surface area (Å²) in [6, 6.07) is 2.39. The van der Waals surface area contributed by atoms with Gasteiger partial charge in [-0.25, -0.2) is 4.98 Å². The van der Waals surface area contributed by atoms with Gasteiger partial charge in [0.15, 0.2) is 5.76 Å². The molecule has 3 rings (SSSR count). The minimum atomic E-state index is 0.347. The zero-order valence-electron chi connectivity index (χ0n) is 10.1. The van der Waals surface area contributed by atoms with Crippen molar-refractivity contribution in [3.8, 4) is 0 Å². The van der Waals surface area contributed by atoms with Gasteiger partial charge in [-0.3, -0.25) is 4.90 Å². The number of nitrogens with zero attached hydrogens (tertiary/aromatic N) is 3. The summed E-state index contributed by atoms with van der Waals surface area (Å²) in [6.45, 7) is 3.92. The number of hydrogen-bond donors (Lipinski definition) is 0. The molecule has 1 saturated heterocycles. The van der Waals surface area contributed by atoms with Gasteiger partial charge in [0.25, 0.3) is 0 Å². The predicted octanol–water partition coefficient (Wildman–Crippen LogP) is 3.54. The molecule has 0 aliphatic carbocycles. The molecule has 0 aromatic carbocycles. The van der Waals surface area contributed by atoms with Gasteiger partial charge in [-0.15, -0.1) is 11.3 Å². The Kier molecular flexibility index (Phi) is 3.50. The van der Waals surface area contributed by atoms with Crippen molar-refractivity contribution < 1.29 is 4.52 Å². The average Bonchev–Trinajstić information content (AvgIpc) is 3.03. The van der Waals surface area contributed by atoms with E-state index >= 15 is 0 Å². The van der Waals surface area contributed by atoms with E-state index in [2.05, 4.69) is 31.0 Å². The van der Waals surface area contributed by atoms with Crippen LogP contribution < -0.4 is 0 Å². The van der Waals surface area contributed by atoms with Crippen LogP contribution in [-0.4, -0.2) is 21.6 Å². The monoisotopic (exact) mass is 327 g/mol. The molecule has 0 amide bonds. The van der Waals surface area contributed by atoms with Crippen LogP contribution in [0.4, 0.5) is 0 Å². The fourth-order valence-electron chi connectivity index (χ4n) is 2.43. The SMILES string of the molecule is Cc1cc(C2CCCN2Cc2ncsc2Br)on1. The number of rotatable bonds is 3. The van der Waals surface area contributed by atoms with Crippen LogP contribution in [0.15, 0.2) is 19.9 Å². The Balaban J connectivity index is 1.77. The van der Waals surface area contributed by atoms with Crippen LogP contribution in [0.3, 0.4) is 0 Å². The normalized spacial score (nSPS) is 20.7. The van der Waals surface area contributed by atoms with Gasteiger partial charge in [0.2, 0.25) is 0 Å². The Morgan fingerprint density at radius 1 is 1.61 bits per heavy atom. The number of aryl methyl sites for hydroxylation is 1. The summed E-state index contributed by atoms with van der Waals surface area (Å²) in [6.07, 6.45) is 2.34. The molecular formula is C12H14BrN3OS. The third-order valence-electron chi connectivity index (χ3n) is 3.28. The molecule has 0 spiro atoms. The van der Waals surface area contributed by atoms with Crippen LogP contribution in [0.5, 0.6) is 0 Å². The van der Waals surface area contributed by atoms with E-state index in [0.717, 1.165) is 40.4 Å². The third-order valence-corrected chi connectivity index (χ3v) is 4.95. The molecule has 0 radical (unpaired) electrons. The highest BCUT2D eigenvalue weighted by molar-refractivity contribution is 9.11. The van der Waals surface area contributed by atoms with Gasteiger partial charge < -0.3 is 4.52 Å². The highest BCUT2D eigenvalue weighted by atomic mass is 79.9. The number of hydrogen-bond acceptors (Lipinski definition) is 5. The summed E-state index contributed by atoms with van der Waals surface area (Å²) in [5.41, 5.74) is 3.94. The molecule has 2 aromatic heterocycles. The van der Waals surface area contributed by atoms with E-state index in [-0.39, 0.29) is 0 Å². The Morgan fingerprint density at radius 2 is 2.50 bits per heavy atom. The lowest BCUT2D eigenvalue weighted by Gasteiger charge is -2.21. The van der Waals surface area contributed by atoms with Crippen molar-refractivity contribution in [1.82, 2.24) is 15.0 Å². The number of halogens is 1. The zero-order chi connectivity index (χ0) is 12.5. The molecule has 4 nitrogen and oxygen atoms in total. The summed E-state index contributed by atoms with van der Waals surface area (Å²) in [7, 11) is 0. The van der Waals surface area contributed by atoms with Gasteiger partial charge >= 0.3 is 0 Å². The molecule has 6 heteroatoms. The Bertz CT molecular complexity index is 539. The van der Waals surface area contributed by atoms with Crippen molar-refractivity contribution in [2.45, 2.75) is 32.4 Å². The van der Waals surface area contributed by atoms with Crippen molar-refractivity contribution in [1.29, 1.82) is 0 Å². The maximum Gasteiger partial charge on any atom is 0.154 e. The van der Waals surface area contributed by atoms with Crippen LogP contribution in [0.25, 0.3) is 0 Å². The van der Waals surface area contributed by atoms with Crippen molar-refractivity contribution in [2.75, 3.05) is 6.54 Å². The molecule has 1 unspecified atom stereocenters. The Hall–Kier alpha value is -0.720. The maximum atomic E-state index is 5.41. The first kappa shape index (κ1) is 12.3. The van der Waals surface area contributed by atoms with Gasteiger partial charge in [0, 0.05) is 12.6 Å². The van der Waals surface area contributed by atoms with Gasteiger partial charge in [-0.05, 0) is 42.2 Å². The molecule has 1 aliphatic rings. The fourth-order valence-corrected chi connectivity index (χ4v) is 3.43. The van der Waals surface area contributed by atoms with Gasteiger partial charge in [-0.2, -0.15) is 0 Å². The van der Waals surface area contributed by atoms with E-state index in [4.69, 9.17) is 4.52 Å². The lowest BCUT2D eigenvalue weighted by Crippen LogP contribution is -2.22. The van der Waals surface area contributed by atoms with E-state index in [9.17, 15) is 0 Å². The Morgan fingerprint density at radius 3 is 3.17 bits per heavy atom. The predicted molar refractivity (Wildman–Crippen MR) is 73.4 cm³/mol. The van der Waals surface area contributed by atoms with Crippen molar-refractivity contribution in [2.24, 2.45) is 0 Å². The summed E-state index contributed by atoms with van der Waals surface area (Å²) < 4.78 is 6.53. The highest BCUT2D eigenvalue weighted by Gasteiger charge is 2.29. The lowest BCUT2D eigenvalue weighted by molar-refractivity contribution is 0.204. The second-order valence-corrected chi connectivity index (χ2v) is 6.74. The highest BCUT2D eigenvalue weighted by Crippen LogP contribution is 2.34. The van der Waals surface area contributed by atoms with Crippen LogP contribution in [0, 0.1) is 6.92 Å². The molecule has 2 aromatic rings. The van der Waals surface area contributed by atoms with E-state index < -0.39 is 0 Å². The van der Waals surface area contributed by atoms with E-state index in [1.807, 2.05) is 18.5 Å². The van der Waals surface area contributed by atoms with Crippen LogP contribution in [0.1, 0.15) is 36.0 Å². The summed E-state index contributed by atoms with van der Waals surface area (Å²) >= 11 is 5.18. The standard InChI is InChI=1S/C12H14BrN3OS/c1-8-5-11(17-15-8)10-3-2-4-16(10)6-9-12(13)18-7-14-9/h5,7,10H,2-4,6H2,1H3. The maximum absolute atomic E-state index is 5.41. The minimum absolute atomic E-state index is 0.347. The molecule has 96 valence electrons. The molecule has 1 atom stereocenters. The topological polar surface area (TPSA) is 42.2 Å². The molecule has 18 heavy (non-hydrogen) atoms. The number of thiazole rings is 1. The molecule has 0 N–H and O–H groups in total. The molecule has 0 bridgehead atoms. The number of likely N-dealkylation sites (tertiary alicyclic amines) is 1. The van der Waals surface area contributed by atoms with Gasteiger partial charge in [0.1, 0.15) is 0 Å². The van der Waals surface area contributed by atoms with Gasteiger partial charge in [-0.1, -0.05) is 5.16 Å². The lowest BCUT2D eigenvalue weighted by atomic mass is 10.1. The van der Waals surface area contributed by atoms with E-state index in [1.165, 1.54) is 6.42 Å². The van der Waals surface area contributed by atoms with Crippen molar-refractivity contribution in [3.63, 3.8) is 0 Å². The van der Waals surface area contributed by atoms with E-state index in [0.29, 0.717) is 6.04 Å². The Labute approximate surface area is 118 Å². The molecule has 1 fully saturated rings.